The van der Waals surface area contributed by atoms with Gasteiger partial charge >= 0.3 is 12.1 Å². The number of aliphatic carboxylic acids is 1. The number of likely N-dealkylation sites (tertiary alicyclic amines) is 1. The van der Waals surface area contributed by atoms with Gasteiger partial charge in [0.05, 0.1) is 18.0 Å². The topological polar surface area (TPSA) is 188 Å². The number of hydrogen-bond acceptors (Lipinski definition) is 9. The smallest absolute Gasteiger partial charge is 0.409 e. The number of piperazine rings is 1. The molecule has 0 spiro atoms. The molecule has 1 atom stereocenters. The number of ether oxygens (including phenoxy) is 2. The van der Waals surface area contributed by atoms with Crippen molar-refractivity contribution in [3.05, 3.63) is 36.0 Å². The number of rotatable bonds is 12. The van der Waals surface area contributed by atoms with E-state index in [1.165, 1.54) is 15.9 Å². The van der Waals surface area contributed by atoms with Crippen molar-refractivity contribution >= 4 is 46.6 Å². The number of benzene rings is 1. The van der Waals surface area contributed by atoms with Gasteiger partial charge in [0.15, 0.2) is 6.61 Å². The van der Waals surface area contributed by atoms with Crippen LogP contribution in [0.3, 0.4) is 0 Å². The number of carbonyl (C=O) groups is 6. The Labute approximate surface area is 265 Å². The fourth-order valence-corrected chi connectivity index (χ4v) is 5.31. The number of aromatic nitrogens is 1. The minimum Gasteiger partial charge on any atom is -0.483 e. The second-order valence-corrected chi connectivity index (χ2v) is 11.6. The maximum absolute atomic E-state index is 13.4. The fraction of sp³-hybridized carbons (Fsp3) is 0.516. The third-order valence-corrected chi connectivity index (χ3v) is 8.16. The summed E-state index contributed by atoms with van der Waals surface area (Å²) in [6.07, 6.45) is 0.992. The van der Waals surface area contributed by atoms with Crippen LogP contribution in [0, 0.1) is 5.92 Å². The van der Waals surface area contributed by atoms with Crippen molar-refractivity contribution < 1.29 is 43.3 Å². The number of pyridine rings is 1. The Morgan fingerprint density at radius 3 is 2.37 bits per heavy atom. The molecule has 2 aromatic rings. The Hall–Kier alpha value is -4.95. The molecule has 2 aliphatic heterocycles. The molecule has 15 nitrogen and oxygen atoms in total. The number of fused-ring (bicyclic) bond motifs is 1. The highest BCUT2D eigenvalue weighted by atomic mass is 16.6. The largest absolute Gasteiger partial charge is 0.483 e. The standard InChI is InChI=1S/C31H38N6O9/c1-2-45-31(44)36-13-11-35(12-14-36)30(43)23(9-10-27(39)40)34-29(42)24-15-25(21-5-3-4-6-22(21)33-24)46-18-26(38)37-16-19(17-37)28(41)32-20-7-8-20/h3-6,15,19-20,23H,2,7-14,16-18H2,1H3,(H,32,41)(H,34,42)(H,39,40). The van der Waals surface area contributed by atoms with Gasteiger partial charge < -0.3 is 39.9 Å². The molecule has 0 radical (unpaired) electrons. The van der Waals surface area contributed by atoms with Gasteiger partial charge in [0, 0.05) is 63.2 Å². The lowest BCUT2D eigenvalue weighted by atomic mass is 9.99. The van der Waals surface area contributed by atoms with E-state index in [1.54, 1.807) is 36.1 Å². The van der Waals surface area contributed by atoms with Crippen molar-refractivity contribution in [2.75, 3.05) is 52.5 Å². The molecule has 0 bridgehead atoms. The molecule has 3 N–H and O–H groups in total. The molecule has 3 fully saturated rings. The van der Waals surface area contributed by atoms with Crippen molar-refractivity contribution in [1.82, 2.24) is 30.3 Å². The Morgan fingerprint density at radius 1 is 1.00 bits per heavy atom. The number of carboxylic acids is 1. The number of carboxylic acid groups (broad SMARTS) is 1. The molecule has 1 unspecified atom stereocenters. The van der Waals surface area contributed by atoms with Gasteiger partial charge in [0.1, 0.15) is 17.5 Å². The molecular formula is C31H38N6O9. The van der Waals surface area contributed by atoms with E-state index in [1.807, 2.05) is 0 Å². The van der Waals surface area contributed by atoms with Crippen LogP contribution in [0.15, 0.2) is 30.3 Å². The van der Waals surface area contributed by atoms with E-state index in [0.717, 1.165) is 12.8 Å². The predicted molar refractivity (Wildman–Crippen MR) is 162 cm³/mol. The van der Waals surface area contributed by atoms with Crippen LogP contribution in [-0.2, 0) is 23.9 Å². The summed E-state index contributed by atoms with van der Waals surface area (Å²) in [6.45, 7) is 3.11. The third-order valence-electron chi connectivity index (χ3n) is 8.16. The Bertz CT molecular complexity index is 1500. The van der Waals surface area contributed by atoms with E-state index in [4.69, 9.17) is 9.47 Å². The summed E-state index contributed by atoms with van der Waals surface area (Å²) in [4.78, 5) is 84.2. The first-order valence-corrected chi connectivity index (χ1v) is 15.5. The SMILES string of the molecule is CCOC(=O)N1CCN(C(=O)C(CCC(=O)O)NC(=O)c2cc(OCC(=O)N3CC(C(=O)NC4CC4)C3)c3ccccc3n2)CC1. The van der Waals surface area contributed by atoms with Crippen LogP contribution in [0.4, 0.5) is 4.79 Å². The van der Waals surface area contributed by atoms with E-state index in [-0.39, 0.29) is 87.5 Å². The van der Waals surface area contributed by atoms with Gasteiger partial charge in [0.2, 0.25) is 11.8 Å². The molecule has 5 amide bonds. The summed E-state index contributed by atoms with van der Waals surface area (Å²) < 4.78 is 10.9. The van der Waals surface area contributed by atoms with Crippen LogP contribution in [0.1, 0.15) is 43.1 Å². The van der Waals surface area contributed by atoms with Crippen LogP contribution < -0.4 is 15.4 Å². The van der Waals surface area contributed by atoms with E-state index in [0.29, 0.717) is 24.0 Å². The number of hydrogen-bond donors (Lipinski definition) is 3. The Kier molecular flexibility index (Phi) is 10.2. The minimum atomic E-state index is -1.16. The minimum absolute atomic E-state index is 0.0395. The summed E-state index contributed by atoms with van der Waals surface area (Å²) >= 11 is 0. The number of nitrogens with one attached hydrogen (secondary N) is 2. The monoisotopic (exact) mass is 638 g/mol. The van der Waals surface area contributed by atoms with Gasteiger partial charge in [-0.05, 0) is 38.3 Å². The summed E-state index contributed by atoms with van der Waals surface area (Å²) in [5.41, 5.74) is 0.337. The van der Waals surface area contributed by atoms with Crippen LogP contribution in [-0.4, -0.2) is 125 Å². The molecule has 15 heteroatoms. The van der Waals surface area contributed by atoms with Gasteiger partial charge in [-0.25, -0.2) is 9.78 Å². The number of nitrogens with zero attached hydrogens (tertiary/aromatic N) is 4. The third kappa shape index (κ3) is 8.00. The zero-order chi connectivity index (χ0) is 32.8. The molecule has 1 aliphatic carbocycles. The van der Waals surface area contributed by atoms with Crippen LogP contribution >= 0.6 is 0 Å². The molecule has 3 heterocycles. The van der Waals surface area contributed by atoms with Crippen LogP contribution in [0.5, 0.6) is 5.75 Å². The number of para-hydroxylation sites is 1. The molecule has 3 aliphatic rings. The quantitative estimate of drug-likeness (QED) is 0.297. The van der Waals surface area contributed by atoms with Crippen molar-refractivity contribution in [2.45, 2.75) is 44.7 Å². The highest BCUT2D eigenvalue weighted by molar-refractivity contribution is 5.99. The van der Waals surface area contributed by atoms with Crippen molar-refractivity contribution in [2.24, 2.45) is 5.92 Å². The van der Waals surface area contributed by atoms with E-state index < -0.39 is 29.9 Å². The summed E-state index contributed by atoms with van der Waals surface area (Å²) in [5.74, 6) is -2.66. The average molecular weight is 639 g/mol. The van der Waals surface area contributed by atoms with Gasteiger partial charge in [-0.3, -0.25) is 24.0 Å². The van der Waals surface area contributed by atoms with Crippen LogP contribution in [0.2, 0.25) is 0 Å². The average Bonchev–Trinajstić information content (AvgIpc) is 3.84. The lowest BCUT2D eigenvalue weighted by Crippen LogP contribution is -2.57. The highest BCUT2D eigenvalue weighted by Gasteiger charge is 2.38. The summed E-state index contributed by atoms with van der Waals surface area (Å²) in [5, 5.41) is 15.4. The zero-order valence-corrected chi connectivity index (χ0v) is 25.6. The van der Waals surface area contributed by atoms with E-state index in [9.17, 15) is 33.9 Å². The summed E-state index contributed by atoms with van der Waals surface area (Å²) in [7, 11) is 0. The highest BCUT2D eigenvalue weighted by Crippen LogP contribution is 2.27. The van der Waals surface area contributed by atoms with Gasteiger partial charge in [-0.2, -0.15) is 0 Å². The normalized spacial score (nSPS) is 17.1. The molecule has 1 aromatic carbocycles. The molecule has 46 heavy (non-hydrogen) atoms. The Balaban J connectivity index is 1.23. The molecule has 1 saturated carbocycles. The fourth-order valence-electron chi connectivity index (χ4n) is 5.31. The molecule has 246 valence electrons. The molecular weight excluding hydrogens is 600 g/mol. The first kappa shape index (κ1) is 32.4. The second-order valence-electron chi connectivity index (χ2n) is 11.6. The van der Waals surface area contributed by atoms with Crippen molar-refractivity contribution in [1.29, 1.82) is 0 Å². The van der Waals surface area contributed by atoms with Crippen LogP contribution in [0.25, 0.3) is 10.9 Å². The molecule has 2 saturated heterocycles. The number of amides is 5. The lowest BCUT2D eigenvalue weighted by molar-refractivity contribution is -0.145. The Morgan fingerprint density at radius 2 is 1.70 bits per heavy atom. The molecule has 5 rings (SSSR count). The maximum Gasteiger partial charge on any atom is 0.409 e. The second kappa shape index (κ2) is 14.4. The zero-order valence-electron chi connectivity index (χ0n) is 25.6. The van der Waals surface area contributed by atoms with E-state index in [2.05, 4.69) is 15.6 Å². The van der Waals surface area contributed by atoms with Crippen molar-refractivity contribution in [3.63, 3.8) is 0 Å². The van der Waals surface area contributed by atoms with E-state index >= 15 is 0 Å². The molecule has 1 aromatic heterocycles. The van der Waals surface area contributed by atoms with Gasteiger partial charge in [-0.15, -0.1) is 0 Å². The number of carbonyl (C=O) groups excluding carboxylic acids is 5. The maximum atomic E-state index is 13.4. The van der Waals surface area contributed by atoms with Crippen molar-refractivity contribution in [3.8, 4) is 5.75 Å². The lowest BCUT2D eigenvalue weighted by Gasteiger charge is -2.38. The summed E-state index contributed by atoms with van der Waals surface area (Å²) in [6, 6.07) is 7.38. The van der Waals surface area contributed by atoms with Gasteiger partial charge in [0.25, 0.3) is 11.8 Å². The first-order valence-electron chi connectivity index (χ1n) is 15.5. The van der Waals surface area contributed by atoms with Gasteiger partial charge in [-0.1, -0.05) is 12.1 Å². The predicted octanol–water partition coefficient (Wildman–Crippen LogP) is 0.615. The first-order chi connectivity index (χ1) is 22.1.